The molecule has 2 N–H and O–H groups in total. The van der Waals surface area contributed by atoms with Crippen molar-refractivity contribution in [2.75, 3.05) is 25.5 Å². The zero-order chi connectivity index (χ0) is 16.1. The van der Waals surface area contributed by atoms with Gasteiger partial charge in [0.05, 0.1) is 10.0 Å². The van der Waals surface area contributed by atoms with Gasteiger partial charge in [-0.15, -0.1) is 0 Å². The number of hydrazone groups is 1. The Morgan fingerprint density at radius 2 is 1.82 bits per heavy atom. The summed E-state index contributed by atoms with van der Waals surface area (Å²) in [5, 5.41) is 7.10. The summed E-state index contributed by atoms with van der Waals surface area (Å²) in [6.07, 6.45) is 1.57. The van der Waals surface area contributed by atoms with E-state index in [9.17, 15) is 9.59 Å². The van der Waals surface area contributed by atoms with Crippen molar-refractivity contribution in [3.8, 4) is 0 Å². The van der Waals surface area contributed by atoms with Crippen LogP contribution < -0.4 is 10.7 Å². The first-order valence-electron chi connectivity index (χ1n) is 6.76. The highest BCUT2D eigenvalue weighted by molar-refractivity contribution is 6.42. The van der Waals surface area contributed by atoms with Crippen molar-refractivity contribution in [1.82, 2.24) is 10.3 Å². The van der Waals surface area contributed by atoms with Crippen molar-refractivity contribution < 1.29 is 9.59 Å². The molecule has 2 amide bonds. The van der Waals surface area contributed by atoms with Crippen molar-refractivity contribution in [1.29, 1.82) is 0 Å². The molecule has 1 saturated heterocycles. The molecule has 1 aromatic carbocycles. The Balaban J connectivity index is 1.88. The van der Waals surface area contributed by atoms with E-state index < -0.39 is 11.8 Å². The Morgan fingerprint density at radius 1 is 1.14 bits per heavy atom. The molecule has 0 bridgehead atoms. The molecule has 0 radical (unpaired) electrons. The molecule has 0 spiro atoms. The van der Waals surface area contributed by atoms with Crippen molar-refractivity contribution in [2.45, 2.75) is 12.8 Å². The molecular weight excluding hydrogens is 327 g/mol. The Morgan fingerprint density at radius 3 is 2.45 bits per heavy atom. The molecule has 0 aromatic heterocycles. The fourth-order valence-electron chi connectivity index (χ4n) is 1.93. The first-order chi connectivity index (χ1) is 10.5. The summed E-state index contributed by atoms with van der Waals surface area (Å²) in [7, 11) is 2.03. The van der Waals surface area contributed by atoms with Crippen LogP contribution in [0.2, 0.25) is 10.0 Å². The van der Waals surface area contributed by atoms with Gasteiger partial charge in [0.2, 0.25) is 0 Å². The van der Waals surface area contributed by atoms with Gasteiger partial charge < -0.3 is 10.2 Å². The van der Waals surface area contributed by atoms with E-state index in [1.54, 1.807) is 6.07 Å². The number of likely N-dealkylation sites (tertiary alicyclic amines) is 1. The minimum atomic E-state index is -0.822. The van der Waals surface area contributed by atoms with Crippen LogP contribution in [0, 0.1) is 0 Å². The number of amides is 2. The molecule has 0 atom stereocenters. The number of benzene rings is 1. The molecule has 0 unspecified atom stereocenters. The van der Waals surface area contributed by atoms with Crippen LogP contribution in [0.15, 0.2) is 23.3 Å². The zero-order valence-electron chi connectivity index (χ0n) is 12.0. The smallest absolute Gasteiger partial charge is 0.318 e. The average Bonchev–Trinajstić information content (AvgIpc) is 2.50. The number of nitrogens with one attached hydrogen (secondary N) is 2. The van der Waals surface area contributed by atoms with Gasteiger partial charge in [0.1, 0.15) is 0 Å². The summed E-state index contributed by atoms with van der Waals surface area (Å²) >= 11 is 11.6. The highest BCUT2D eigenvalue weighted by atomic mass is 35.5. The Kier molecular flexibility index (Phi) is 5.76. The third kappa shape index (κ3) is 4.69. The molecule has 1 fully saturated rings. The summed E-state index contributed by atoms with van der Waals surface area (Å²) < 4.78 is 0. The van der Waals surface area contributed by atoms with Crippen LogP contribution in [-0.2, 0) is 9.59 Å². The van der Waals surface area contributed by atoms with Crippen molar-refractivity contribution in [3.63, 3.8) is 0 Å². The standard InChI is InChI=1S/C14H16Cl2N4O2/c1-20-6-4-9(5-7-20)18-19-14(22)13(21)17-10-2-3-11(15)12(16)8-10/h2-3,8H,4-7H2,1H3,(H,17,21)(H,19,22). The second-order valence-electron chi connectivity index (χ2n) is 5.01. The second-order valence-corrected chi connectivity index (χ2v) is 5.82. The number of nitrogens with zero attached hydrogens (tertiary/aromatic N) is 2. The lowest BCUT2D eigenvalue weighted by atomic mass is 10.1. The van der Waals surface area contributed by atoms with Gasteiger partial charge in [0, 0.05) is 37.3 Å². The van der Waals surface area contributed by atoms with Crippen LogP contribution in [0.5, 0.6) is 0 Å². The second kappa shape index (κ2) is 7.58. The number of anilines is 1. The minimum absolute atomic E-state index is 0.298. The summed E-state index contributed by atoms with van der Waals surface area (Å²) in [6.45, 7) is 1.79. The normalized spacial score (nSPS) is 15.3. The van der Waals surface area contributed by atoms with E-state index >= 15 is 0 Å². The van der Waals surface area contributed by atoms with E-state index in [1.807, 2.05) is 7.05 Å². The van der Waals surface area contributed by atoms with Crippen LogP contribution in [0.3, 0.4) is 0 Å². The molecule has 0 saturated carbocycles. The largest absolute Gasteiger partial charge is 0.329 e. The molecule has 0 aliphatic carbocycles. The monoisotopic (exact) mass is 342 g/mol. The van der Waals surface area contributed by atoms with E-state index in [1.165, 1.54) is 12.1 Å². The van der Waals surface area contributed by atoms with E-state index in [0.29, 0.717) is 15.7 Å². The summed E-state index contributed by atoms with van der Waals surface area (Å²) in [5.74, 6) is -1.63. The predicted molar refractivity (Wildman–Crippen MR) is 87.4 cm³/mol. The zero-order valence-corrected chi connectivity index (χ0v) is 13.5. The van der Waals surface area contributed by atoms with E-state index in [0.717, 1.165) is 31.6 Å². The highest BCUT2D eigenvalue weighted by Gasteiger charge is 2.15. The molecule has 1 aromatic rings. The number of hydrogen-bond donors (Lipinski definition) is 2. The van der Waals surface area contributed by atoms with Gasteiger partial charge in [-0.05, 0) is 25.2 Å². The van der Waals surface area contributed by atoms with E-state index in [-0.39, 0.29) is 0 Å². The summed E-state index contributed by atoms with van der Waals surface area (Å²) in [4.78, 5) is 25.6. The Labute approximate surface area is 138 Å². The molecule has 22 heavy (non-hydrogen) atoms. The third-order valence-electron chi connectivity index (χ3n) is 3.26. The number of carbonyl (C=O) groups excluding carboxylic acids is 2. The van der Waals surface area contributed by atoms with Gasteiger partial charge in [-0.2, -0.15) is 5.10 Å². The lowest BCUT2D eigenvalue weighted by molar-refractivity contribution is -0.136. The lowest BCUT2D eigenvalue weighted by Crippen LogP contribution is -2.35. The van der Waals surface area contributed by atoms with Gasteiger partial charge in [-0.1, -0.05) is 23.2 Å². The van der Waals surface area contributed by atoms with Crippen LogP contribution in [-0.4, -0.2) is 42.6 Å². The quantitative estimate of drug-likeness (QED) is 0.638. The maximum absolute atomic E-state index is 11.8. The summed E-state index contributed by atoms with van der Waals surface area (Å²) in [5.41, 5.74) is 3.55. The van der Waals surface area contributed by atoms with Crippen molar-refractivity contribution in [2.24, 2.45) is 5.10 Å². The highest BCUT2D eigenvalue weighted by Crippen LogP contribution is 2.24. The average molecular weight is 343 g/mol. The molecule has 6 nitrogen and oxygen atoms in total. The number of carbonyl (C=O) groups is 2. The molecule has 1 aliphatic heterocycles. The van der Waals surface area contributed by atoms with Gasteiger partial charge in [-0.25, -0.2) is 5.43 Å². The van der Waals surface area contributed by atoms with Crippen molar-refractivity contribution in [3.05, 3.63) is 28.2 Å². The number of rotatable bonds is 2. The molecule has 118 valence electrons. The van der Waals surface area contributed by atoms with Gasteiger partial charge in [0.25, 0.3) is 0 Å². The first kappa shape index (κ1) is 16.7. The third-order valence-corrected chi connectivity index (χ3v) is 4.00. The number of hydrogen-bond acceptors (Lipinski definition) is 4. The fraction of sp³-hybridized carbons (Fsp3) is 0.357. The fourth-order valence-corrected chi connectivity index (χ4v) is 2.23. The topological polar surface area (TPSA) is 73.8 Å². The SMILES string of the molecule is CN1CCC(=NNC(=O)C(=O)Nc2ccc(Cl)c(Cl)c2)CC1. The molecule has 1 aliphatic rings. The van der Waals surface area contributed by atoms with Crippen LogP contribution >= 0.6 is 23.2 Å². The van der Waals surface area contributed by atoms with Crippen LogP contribution in [0.25, 0.3) is 0 Å². The maximum Gasteiger partial charge on any atom is 0.329 e. The maximum atomic E-state index is 11.8. The van der Waals surface area contributed by atoms with Gasteiger partial charge >= 0.3 is 11.8 Å². The van der Waals surface area contributed by atoms with E-state index in [4.69, 9.17) is 23.2 Å². The molecule has 2 rings (SSSR count). The Hall–Kier alpha value is -1.63. The predicted octanol–water partition coefficient (Wildman–Crippen LogP) is 2.13. The first-order valence-corrected chi connectivity index (χ1v) is 7.51. The van der Waals surface area contributed by atoms with E-state index in [2.05, 4.69) is 20.7 Å². The molecule has 1 heterocycles. The van der Waals surface area contributed by atoms with Crippen LogP contribution in [0.1, 0.15) is 12.8 Å². The van der Waals surface area contributed by atoms with Gasteiger partial charge in [0.15, 0.2) is 0 Å². The number of halogens is 2. The lowest BCUT2D eigenvalue weighted by Gasteiger charge is -2.22. The summed E-state index contributed by atoms with van der Waals surface area (Å²) in [6, 6.07) is 4.57. The number of piperidine rings is 1. The minimum Gasteiger partial charge on any atom is -0.318 e. The Bertz CT molecular complexity index is 609. The van der Waals surface area contributed by atoms with Crippen molar-refractivity contribution >= 4 is 46.4 Å². The molecular formula is C14H16Cl2N4O2. The van der Waals surface area contributed by atoms with Gasteiger partial charge in [-0.3, -0.25) is 9.59 Å². The van der Waals surface area contributed by atoms with Crippen LogP contribution in [0.4, 0.5) is 5.69 Å². The molecule has 8 heteroatoms.